The Labute approximate surface area is 104 Å². The lowest BCUT2D eigenvalue weighted by molar-refractivity contribution is -0.139. The number of halogens is 1. The molecule has 86 valence electrons. The summed E-state index contributed by atoms with van der Waals surface area (Å²) in [6.07, 6.45) is 2.92. The van der Waals surface area contributed by atoms with Crippen molar-refractivity contribution >= 4 is 28.0 Å². The third-order valence-electron chi connectivity index (χ3n) is 2.18. The summed E-state index contributed by atoms with van der Waals surface area (Å²) in [5.41, 5.74) is 2.20. The van der Waals surface area contributed by atoms with Crippen LogP contribution in [0.4, 0.5) is 0 Å². The van der Waals surface area contributed by atoms with E-state index in [9.17, 15) is 4.79 Å². The Balaban J connectivity index is 2.79. The fourth-order valence-electron chi connectivity index (χ4n) is 1.25. The Morgan fingerprint density at radius 2 is 2.12 bits per heavy atom. The van der Waals surface area contributed by atoms with E-state index in [4.69, 9.17) is 4.74 Å². The largest absolute Gasteiger partial charge is 0.461 e. The molecule has 0 fully saturated rings. The molecule has 0 aliphatic carbocycles. The topological polar surface area (TPSA) is 26.3 Å². The smallest absolute Gasteiger partial charge is 0.302 e. The Morgan fingerprint density at radius 1 is 1.44 bits per heavy atom. The van der Waals surface area contributed by atoms with E-state index in [1.165, 1.54) is 6.92 Å². The van der Waals surface area contributed by atoms with Gasteiger partial charge in [0, 0.05) is 11.4 Å². The van der Waals surface area contributed by atoms with Crippen molar-refractivity contribution in [3.8, 4) is 0 Å². The van der Waals surface area contributed by atoms with Crippen molar-refractivity contribution in [1.29, 1.82) is 0 Å². The van der Waals surface area contributed by atoms with Gasteiger partial charge in [-0.25, -0.2) is 0 Å². The molecule has 0 saturated heterocycles. The SMILES string of the molecule is CCC(=Cc1ccccc1Br)COC(C)=O. The maximum atomic E-state index is 10.7. The first-order valence-corrected chi connectivity index (χ1v) is 6.00. The van der Waals surface area contributed by atoms with Crippen molar-refractivity contribution in [3.05, 3.63) is 39.9 Å². The van der Waals surface area contributed by atoms with Gasteiger partial charge in [0.05, 0.1) is 0 Å². The minimum atomic E-state index is -0.244. The fraction of sp³-hybridized carbons (Fsp3) is 0.308. The number of rotatable bonds is 4. The number of carbonyl (C=O) groups is 1. The van der Waals surface area contributed by atoms with Crippen LogP contribution in [0.25, 0.3) is 6.08 Å². The first-order valence-electron chi connectivity index (χ1n) is 5.20. The monoisotopic (exact) mass is 282 g/mol. The van der Waals surface area contributed by atoms with Gasteiger partial charge in [-0.2, -0.15) is 0 Å². The van der Waals surface area contributed by atoms with Gasteiger partial charge in [0.1, 0.15) is 6.61 Å². The maximum Gasteiger partial charge on any atom is 0.302 e. The average molecular weight is 283 g/mol. The average Bonchev–Trinajstić information content (AvgIpc) is 2.26. The van der Waals surface area contributed by atoms with Gasteiger partial charge in [-0.1, -0.05) is 47.1 Å². The molecule has 3 heteroatoms. The molecule has 16 heavy (non-hydrogen) atoms. The molecule has 0 unspecified atom stereocenters. The molecule has 0 aliphatic heterocycles. The number of ether oxygens (including phenoxy) is 1. The van der Waals surface area contributed by atoms with Crippen molar-refractivity contribution in [3.63, 3.8) is 0 Å². The number of carbonyl (C=O) groups excluding carboxylic acids is 1. The molecule has 0 heterocycles. The lowest BCUT2D eigenvalue weighted by atomic mass is 10.1. The van der Waals surface area contributed by atoms with Gasteiger partial charge < -0.3 is 4.74 Å². The van der Waals surface area contributed by atoms with Crippen molar-refractivity contribution in [2.75, 3.05) is 6.61 Å². The van der Waals surface area contributed by atoms with Crippen LogP contribution in [0, 0.1) is 0 Å². The molecule has 1 rings (SSSR count). The van der Waals surface area contributed by atoms with Crippen molar-refractivity contribution in [2.45, 2.75) is 20.3 Å². The highest BCUT2D eigenvalue weighted by molar-refractivity contribution is 9.10. The molecule has 1 aromatic carbocycles. The Morgan fingerprint density at radius 3 is 2.69 bits per heavy atom. The van der Waals surface area contributed by atoms with Crippen LogP contribution in [0.2, 0.25) is 0 Å². The summed E-state index contributed by atoms with van der Waals surface area (Å²) < 4.78 is 6.03. The highest BCUT2D eigenvalue weighted by atomic mass is 79.9. The van der Waals surface area contributed by atoms with E-state index >= 15 is 0 Å². The second-order valence-corrected chi connectivity index (χ2v) is 4.31. The number of esters is 1. The highest BCUT2D eigenvalue weighted by Crippen LogP contribution is 2.19. The molecular weight excluding hydrogens is 268 g/mol. The minimum absolute atomic E-state index is 0.244. The predicted octanol–water partition coefficient (Wildman–Crippen LogP) is 3.81. The van der Waals surface area contributed by atoms with Crippen molar-refractivity contribution < 1.29 is 9.53 Å². The number of benzene rings is 1. The first kappa shape index (κ1) is 13.0. The van der Waals surface area contributed by atoms with Gasteiger partial charge >= 0.3 is 5.97 Å². The summed E-state index contributed by atoms with van der Waals surface area (Å²) in [4.78, 5) is 10.7. The van der Waals surface area contributed by atoms with Gasteiger partial charge in [0.15, 0.2) is 0 Å². The molecule has 0 spiro atoms. The lowest BCUT2D eigenvalue weighted by Crippen LogP contribution is -2.02. The lowest BCUT2D eigenvalue weighted by Gasteiger charge is -2.06. The van der Waals surface area contributed by atoms with Crippen LogP contribution in [0.5, 0.6) is 0 Å². The van der Waals surface area contributed by atoms with E-state index in [-0.39, 0.29) is 5.97 Å². The Bertz CT molecular complexity index is 397. The fourth-order valence-corrected chi connectivity index (χ4v) is 1.65. The van der Waals surface area contributed by atoms with Crippen LogP contribution in [0.15, 0.2) is 34.3 Å². The van der Waals surface area contributed by atoms with Crippen LogP contribution in [-0.4, -0.2) is 12.6 Å². The molecule has 0 radical (unpaired) electrons. The second kappa shape index (κ2) is 6.48. The van der Waals surface area contributed by atoms with E-state index in [1.54, 1.807) is 0 Å². The molecule has 2 nitrogen and oxygen atoms in total. The molecule has 0 N–H and O–H groups in total. The predicted molar refractivity (Wildman–Crippen MR) is 69.0 cm³/mol. The van der Waals surface area contributed by atoms with Crippen LogP contribution >= 0.6 is 15.9 Å². The van der Waals surface area contributed by atoms with Crippen LogP contribution < -0.4 is 0 Å². The summed E-state index contributed by atoms with van der Waals surface area (Å²) in [5.74, 6) is -0.244. The van der Waals surface area contributed by atoms with Crippen molar-refractivity contribution in [2.24, 2.45) is 0 Å². The van der Waals surface area contributed by atoms with E-state index in [0.717, 1.165) is 22.0 Å². The van der Waals surface area contributed by atoms with Gasteiger partial charge in [0.25, 0.3) is 0 Å². The maximum absolute atomic E-state index is 10.7. The molecule has 0 atom stereocenters. The normalized spacial score (nSPS) is 11.3. The van der Waals surface area contributed by atoms with Gasteiger partial charge in [0.2, 0.25) is 0 Å². The van der Waals surface area contributed by atoms with Crippen LogP contribution in [0.1, 0.15) is 25.8 Å². The number of hydrogen-bond donors (Lipinski definition) is 0. The minimum Gasteiger partial charge on any atom is -0.461 e. The Hall–Kier alpha value is -1.09. The van der Waals surface area contributed by atoms with E-state index in [2.05, 4.69) is 15.9 Å². The zero-order valence-corrected chi connectivity index (χ0v) is 11.1. The van der Waals surface area contributed by atoms with E-state index < -0.39 is 0 Å². The third-order valence-corrected chi connectivity index (χ3v) is 2.90. The number of hydrogen-bond acceptors (Lipinski definition) is 2. The van der Waals surface area contributed by atoms with Crippen LogP contribution in [-0.2, 0) is 9.53 Å². The van der Waals surface area contributed by atoms with Gasteiger partial charge in [-0.3, -0.25) is 4.79 Å². The third kappa shape index (κ3) is 4.19. The summed E-state index contributed by atoms with van der Waals surface area (Å²) in [6, 6.07) is 7.97. The quantitative estimate of drug-likeness (QED) is 0.785. The summed E-state index contributed by atoms with van der Waals surface area (Å²) >= 11 is 3.48. The molecule has 0 aromatic heterocycles. The molecule has 0 saturated carbocycles. The molecule has 1 aromatic rings. The van der Waals surface area contributed by atoms with Crippen LogP contribution in [0.3, 0.4) is 0 Å². The first-order chi connectivity index (χ1) is 7.63. The molecule has 0 aliphatic rings. The van der Waals surface area contributed by atoms with Gasteiger partial charge in [-0.15, -0.1) is 0 Å². The van der Waals surface area contributed by atoms with Gasteiger partial charge in [-0.05, 0) is 23.6 Å². The van der Waals surface area contributed by atoms with E-state index in [1.807, 2.05) is 37.3 Å². The highest BCUT2D eigenvalue weighted by Gasteiger charge is 2.00. The van der Waals surface area contributed by atoms with Crippen molar-refractivity contribution in [1.82, 2.24) is 0 Å². The zero-order valence-electron chi connectivity index (χ0n) is 9.50. The summed E-state index contributed by atoms with van der Waals surface area (Å²) in [7, 11) is 0. The second-order valence-electron chi connectivity index (χ2n) is 3.46. The standard InChI is InChI=1S/C13H15BrO2/c1-3-11(9-16-10(2)15)8-12-6-4-5-7-13(12)14/h4-8H,3,9H2,1-2H3. The molecule has 0 bridgehead atoms. The summed E-state index contributed by atoms with van der Waals surface area (Å²) in [6.45, 7) is 3.84. The summed E-state index contributed by atoms with van der Waals surface area (Å²) in [5, 5.41) is 0. The van der Waals surface area contributed by atoms with E-state index in [0.29, 0.717) is 6.61 Å². The molecular formula is C13H15BrO2. The zero-order chi connectivity index (χ0) is 12.0. The Kier molecular flexibility index (Phi) is 5.26. The molecule has 0 amide bonds.